The Labute approximate surface area is 208 Å². The van der Waals surface area contributed by atoms with E-state index >= 15 is 0 Å². The first-order chi connectivity index (χ1) is 17.3. The van der Waals surface area contributed by atoms with Crippen molar-refractivity contribution in [3.05, 3.63) is 126 Å². The molecule has 3 amide bonds. The number of benzene rings is 2. The van der Waals surface area contributed by atoms with Crippen LogP contribution >= 0.6 is 0 Å². The summed E-state index contributed by atoms with van der Waals surface area (Å²) in [4.78, 5) is 49.5. The third kappa shape index (κ3) is 4.06. The highest BCUT2D eigenvalue weighted by Gasteiger charge is 2.38. The Bertz CT molecular complexity index is 1370. The van der Waals surface area contributed by atoms with E-state index in [-0.39, 0.29) is 22.8 Å². The summed E-state index contributed by atoms with van der Waals surface area (Å²) < 4.78 is 0. The van der Waals surface area contributed by atoms with Crippen molar-refractivity contribution in [3.8, 4) is 12.3 Å². The molecular weight excluding hydrogens is 456 g/mol. The largest absolute Gasteiger partial charge is 0.368 e. The second kappa shape index (κ2) is 9.74. The number of nitrogens with zero attached hydrogens (tertiary/aromatic N) is 2. The van der Waals surface area contributed by atoms with Crippen molar-refractivity contribution in [1.82, 2.24) is 10.1 Å². The second-order valence-electron chi connectivity index (χ2n) is 7.80. The van der Waals surface area contributed by atoms with Gasteiger partial charge in [0.25, 0.3) is 17.7 Å². The molecule has 2 aliphatic rings. The maximum absolute atomic E-state index is 12.8. The zero-order valence-electron chi connectivity index (χ0n) is 19.6. The van der Waals surface area contributed by atoms with Gasteiger partial charge in [0.15, 0.2) is 11.9 Å². The summed E-state index contributed by atoms with van der Waals surface area (Å²) in [6, 6.07) is 13.4. The Morgan fingerprint density at radius 1 is 0.944 bits per heavy atom. The van der Waals surface area contributed by atoms with Crippen LogP contribution in [0.25, 0.3) is 5.70 Å². The molecule has 0 spiro atoms. The van der Waals surface area contributed by atoms with E-state index in [0.717, 1.165) is 5.06 Å². The fourth-order valence-electron chi connectivity index (χ4n) is 3.83. The minimum Gasteiger partial charge on any atom is -0.368 e. The number of fused-ring (bicyclic) bond motifs is 2. The number of terminal acetylenes is 1. The molecule has 4 rings (SSSR count). The highest BCUT2D eigenvalue weighted by Crippen LogP contribution is 2.33. The summed E-state index contributed by atoms with van der Waals surface area (Å²) in [6.07, 6.45) is 9.44. The van der Waals surface area contributed by atoms with Gasteiger partial charge in [-0.05, 0) is 36.8 Å². The van der Waals surface area contributed by atoms with Crippen LogP contribution in [-0.2, 0) is 9.68 Å². The molecule has 2 aliphatic heterocycles. The van der Waals surface area contributed by atoms with E-state index in [0.29, 0.717) is 33.0 Å². The van der Waals surface area contributed by atoms with Gasteiger partial charge in [-0.3, -0.25) is 14.4 Å². The van der Waals surface area contributed by atoms with Gasteiger partial charge in [0.05, 0.1) is 22.4 Å². The predicted molar refractivity (Wildman–Crippen MR) is 135 cm³/mol. The number of hydroxylamine groups is 4. The number of allylic oxidation sites excluding steroid dienone is 2. The monoisotopic (exact) mass is 478 g/mol. The summed E-state index contributed by atoms with van der Waals surface area (Å²) in [5.41, 5.74) is 2.80. The summed E-state index contributed by atoms with van der Waals surface area (Å²) in [6.45, 7) is 13.3. The predicted octanol–water partition coefficient (Wildman–Crippen LogP) is 4.85. The van der Waals surface area contributed by atoms with Gasteiger partial charge in [0.2, 0.25) is 0 Å². The second-order valence-corrected chi connectivity index (χ2v) is 7.80. The lowest BCUT2D eigenvalue weighted by Crippen LogP contribution is -2.30. The van der Waals surface area contributed by atoms with Crippen LogP contribution in [0, 0.1) is 12.3 Å². The molecule has 2 aromatic carbocycles. The highest BCUT2D eigenvalue weighted by atomic mass is 16.7. The molecule has 2 heterocycles. The molecule has 36 heavy (non-hydrogen) atoms. The maximum Gasteiger partial charge on any atom is 0.295 e. The van der Waals surface area contributed by atoms with E-state index < -0.39 is 17.9 Å². The molecule has 0 aliphatic carbocycles. The third-order valence-electron chi connectivity index (χ3n) is 5.71. The SMILES string of the molecule is C#CC(ON1C(=C)c2ccccc2C1=O)/C(C=C)=C/C(=C\C)C(=C)ON1C(=O)c2ccccc2C1=O. The molecule has 7 heteroatoms. The number of hydrogen-bond donors (Lipinski definition) is 0. The van der Waals surface area contributed by atoms with E-state index in [1.165, 1.54) is 6.08 Å². The average molecular weight is 479 g/mol. The molecule has 1 unspecified atom stereocenters. The zero-order chi connectivity index (χ0) is 26.0. The molecule has 2 aromatic rings. The van der Waals surface area contributed by atoms with Gasteiger partial charge in [-0.2, -0.15) is 5.06 Å². The number of carbonyl (C=O) groups is 3. The lowest BCUT2D eigenvalue weighted by Gasteiger charge is -2.22. The molecule has 0 saturated heterocycles. The molecule has 0 aromatic heterocycles. The van der Waals surface area contributed by atoms with Gasteiger partial charge >= 0.3 is 0 Å². The van der Waals surface area contributed by atoms with Gasteiger partial charge < -0.3 is 4.84 Å². The van der Waals surface area contributed by atoms with Crippen LogP contribution in [0.5, 0.6) is 0 Å². The van der Waals surface area contributed by atoms with Gasteiger partial charge in [-0.1, -0.05) is 73.2 Å². The van der Waals surface area contributed by atoms with Crippen molar-refractivity contribution in [2.24, 2.45) is 0 Å². The van der Waals surface area contributed by atoms with E-state index in [1.54, 1.807) is 67.6 Å². The Balaban J connectivity index is 1.53. The molecule has 0 bridgehead atoms. The number of amides is 3. The molecular formula is C29H22N2O5. The van der Waals surface area contributed by atoms with Crippen LogP contribution < -0.4 is 0 Å². The van der Waals surface area contributed by atoms with Crippen molar-refractivity contribution in [1.29, 1.82) is 0 Å². The fourth-order valence-corrected chi connectivity index (χ4v) is 3.83. The fraction of sp³-hybridized carbons (Fsp3) is 0.0690. The normalized spacial score (nSPS) is 16.0. The van der Waals surface area contributed by atoms with E-state index in [1.807, 2.05) is 0 Å². The summed E-state index contributed by atoms with van der Waals surface area (Å²) in [5, 5.41) is 1.73. The number of carbonyl (C=O) groups excluding carboxylic acids is 3. The summed E-state index contributed by atoms with van der Waals surface area (Å²) >= 11 is 0. The standard InChI is InChI=1S/C29H22N2O5/c1-6-20(19(5)35-31-28(33)24-15-11-12-16-25(24)29(31)34)17-21(7-2)26(8-3)36-30-18(4)22-13-9-10-14-23(22)27(30)32/h3,6-7,9-17,26H,2,4-5H2,1H3/b20-6+,21-17+. The van der Waals surface area contributed by atoms with Crippen molar-refractivity contribution >= 4 is 23.4 Å². The first-order valence-electron chi connectivity index (χ1n) is 10.9. The van der Waals surface area contributed by atoms with Crippen LogP contribution in [0.15, 0.2) is 103 Å². The van der Waals surface area contributed by atoms with Crippen LogP contribution in [-0.4, -0.2) is 34.0 Å². The molecule has 7 nitrogen and oxygen atoms in total. The number of rotatable bonds is 8. The quantitative estimate of drug-likeness (QED) is 0.235. The number of hydrogen-bond acceptors (Lipinski definition) is 5. The van der Waals surface area contributed by atoms with Crippen LogP contribution in [0.4, 0.5) is 0 Å². The number of imide groups is 1. The first kappa shape index (κ1) is 24.2. The Morgan fingerprint density at radius 3 is 1.92 bits per heavy atom. The van der Waals surface area contributed by atoms with Gasteiger partial charge in [-0.25, -0.2) is 4.84 Å². The molecule has 178 valence electrons. The van der Waals surface area contributed by atoms with Gasteiger partial charge in [0.1, 0.15) is 0 Å². The van der Waals surface area contributed by atoms with Crippen molar-refractivity contribution < 1.29 is 24.1 Å². The van der Waals surface area contributed by atoms with Crippen molar-refractivity contribution in [2.45, 2.75) is 13.0 Å². The average Bonchev–Trinajstić information content (AvgIpc) is 3.28. The van der Waals surface area contributed by atoms with E-state index in [2.05, 4.69) is 25.7 Å². The molecule has 0 radical (unpaired) electrons. The zero-order valence-corrected chi connectivity index (χ0v) is 19.6. The highest BCUT2D eigenvalue weighted by molar-refractivity contribution is 6.20. The Morgan fingerprint density at radius 2 is 1.44 bits per heavy atom. The Hall–Kier alpha value is -4.93. The van der Waals surface area contributed by atoms with Crippen LogP contribution in [0.2, 0.25) is 0 Å². The first-order valence-corrected chi connectivity index (χ1v) is 10.9. The lowest BCUT2D eigenvalue weighted by atomic mass is 10.1. The van der Waals surface area contributed by atoms with Gasteiger partial charge in [0, 0.05) is 11.1 Å². The smallest absolute Gasteiger partial charge is 0.295 e. The maximum atomic E-state index is 12.8. The van der Waals surface area contributed by atoms with Crippen LogP contribution in [0.3, 0.4) is 0 Å². The minimum atomic E-state index is -1.01. The topological polar surface area (TPSA) is 76.2 Å². The Kier molecular flexibility index (Phi) is 6.55. The summed E-state index contributed by atoms with van der Waals surface area (Å²) in [5.74, 6) is 0.966. The minimum absolute atomic E-state index is 0.0243. The molecule has 0 N–H and O–H groups in total. The molecule has 1 atom stereocenters. The lowest BCUT2D eigenvalue weighted by molar-refractivity contribution is -0.0886. The van der Waals surface area contributed by atoms with E-state index in [4.69, 9.17) is 16.1 Å². The van der Waals surface area contributed by atoms with Gasteiger partial charge in [-0.15, -0.1) is 6.42 Å². The summed E-state index contributed by atoms with van der Waals surface area (Å²) in [7, 11) is 0. The van der Waals surface area contributed by atoms with Crippen molar-refractivity contribution in [3.63, 3.8) is 0 Å². The van der Waals surface area contributed by atoms with Crippen molar-refractivity contribution in [2.75, 3.05) is 0 Å². The molecule has 0 fully saturated rings. The van der Waals surface area contributed by atoms with E-state index in [9.17, 15) is 14.4 Å². The molecule has 0 saturated carbocycles. The third-order valence-corrected chi connectivity index (χ3v) is 5.71. The van der Waals surface area contributed by atoms with Crippen LogP contribution in [0.1, 0.15) is 43.6 Å².